The van der Waals surface area contributed by atoms with Crippen LogP contribution < -0.4 is 14.2 Å². The minimum absolute atomic E-state index is 0.0359. The molecule has 8 nitrogen and oxygen atoms in total. The van der Waals surface area contributed by atoms with Crippen LogP contribution in [-0.4, -0.2) is 85.8 Å². The number of hydrogen-bond acceptors (Lipinski definition) is 7. The largest absolute Gasteiger partial charge is 0.484 e. The lowest BCUT2D eigenvalue weighted by atomic mass is 10.2. The average Bonchev–Trinajstić information content (AvgIpc) is 3.17. The minimum atomic E-state index is -0.539. The summed E-state index contributed by atoms with van der Waals surface area (Å²) in [5, 5.41) is 10.4. The fourth-order valence-corrected chi connectivity index (χ4v) is 3.63. The molecular formula is C18H24N2O6. The summed E-state index contributed by atoms with van der Waals surface area (Å²) in [6, 6.07) is 5.19. The second-order valence-corrected chi connectivity index (χ2v) is 6.74. The van der Waals surface area contributed by atoms with Crippen LogP contribution >= 0.6 is 0 Å². The van der Waals surface area contributed by atoms with Crippen LogP contribution in [0, 0.1) is 0 Å². The maximum absolute atomic E-state index is 12.5. The van der Waals surface area contributed by atoms with E-state index in [1.54, 1.807) is 23.1 Å². The van der Waals surface area contributed by atoms with Gasteiger partial charge in [-0.15, -0.1) is 0 Å². The summed E-state index contributed by atoms with van der Waals surface area (Å²) in [6.45, 7) is 4.09. The van der Waals surface area contributed by atoms with Crippen molar-refractivity contribution in [1.82, 2.24) is 9.80 Å². The van der Waals surface area contributed by atoms with Crippen LogP contribution in [-0.2, 0) is 9.53 Å². The normalized spacial score (nSPS) is 26.0. The topological polar surface area (TPSA) is 80.7 Å². The molecule has 1 amide bonds. The van der Waals surface area contributed by atoms with Crippen molar-refractivity contribution in [3.05, 3.63) is 18.2 Å². The Labute approximate surface area is 152 Å². The molecule has 2 saturated heterocycles. The SMILES string of the molecule is O=C(COc1ccc2c(c1)OCO2)N1C[C@H](O)[C@@H](N2CCCOCC2)C1. The van der Waals surface area contributed by atoms with Crippen molar-refractivity contribution in [2.45, 2.75) is 18.6 Å². The van der Waals surface area contributed by atoms with Gasteiger partial charge in [-0.3, -0.25) is 9.69 Å². The molecule has 0 radical (unpaired) electrons. The Bertz CT molecular complexity index is 647. The summed E-state index contributed by atoms with van der Waals surface area (Å²) >= 11 is 0. The molecule has 142 valence electrons. The van der Waals surface area contributed by atoms with E-state index >= 15 is 0 Å². The van der Waals surface area contributed by atoms with E-state index in [9.17, 15) is 9.90 Å². The maximum atomic E-state index is 12.5. The van der Waals surface area contributed by atoms with Crippen LogP contribution in [0.4, 0.5) is 0 Å². The molecule has 2 atom stereocenters. The van der Waals surface area contributed by atoms with Crippen LogP contribution in [0.2, 0.25) is 0 Å². The molecule has 0 bridgehead atoms. The van der Waals surface area contributed by atoms with E-state index in [0.29, 0.717) is 36.9 Å². The molecule has 1 aromatic rings. The minimum Gasteiger partial charge on any atom is -0.484 e. The van der Waals surface area contributed by atoms with Gasteiger partial charge < -0.3 is 29.0 Å². The van der Waals surface area contributed by atoms with Crippen molar-refractivity contribution >= 4 is 5.91 Å². The van der Waals surface area contributed by atoms with Crippen LogP contribution in [0.1, 0.15) is 6.42 Å². The number of carbonyl (C=O) groups excluding carboxylic acids is 1. The van der Waals surface area contributed by atoms with Crippen molar-refractivity contribution in [3.63, 3.8) is 0 Å². The Morgan fingerprint density at radius 2 is 2.08 bits per heavy atom. The number of carbonyl (C=O) groups is 1. The molecule has 8 heteroatoms. The van der Waals surface area contributed by atoms with Gasteiger partial charge >= 0.3 is 0 Å². The molecule has 4 rings (SSSR count). The van der Waals surface area contributed by atoms with Gasteiger partial charge in [-0.1, -0.05) is 0 Å². The maximum Gasteiger partial charge on any atom is 0.260 e. The van der Waals surface area contributed by atoms with Gasteiger partial charge in [0.15, 0.2) is 18.1 Å². The molecule has 2 fully saturated rings. The van der Waals surface area contributed by atoms with E-state index in [1.165, 1.54) is 0 Å². The summed E-state index contributed by atoms with van der Waals surface area (Å²) in [6.07, 6.45) is 0.410. The van der Waals surface area contributed by atoms with E-state index in [-0.39, 0.29) is 25.3 Å². The fourth-order valence-electron chi connectivity index (χ4n) is 3.63. The van der Waals surface area contributed by atoms with Crippen LogP contribution in [0.3, 0.4) is 0 Å². The van der Waals surface area contributed by atoms with Gasteiger partial charge in [0.25, 0.3) is 5.91 Å². The van der Waals surface area contributed by atoms with Crippen molar-refractivity contribution in [2.75, 3.05) is 52.8 Å². The summed E-state index contributed by atoms with van der Waals surface area (Å²) in [4.78, 5) is 16.4. The van der Waals surface area contributed by atoms with Gasteiger partial charge in [-0.05, 0) is 18.6 Å². The third-order valence-corrected chi connectivity index (χ3v) is 5.04. The Morgan fingerprint density at radius 3 is 3.00 bits per heavy atom. The molecule has 0 unspecified atom stereocenters. The van der Waals surface area contributed by atoms with E-state index in [1.807, 2.05) is 0 Å². The molecule has 3 aliphatic heterocycles. The molecule has 3 aliphatic rings. The number of ether oxygens (including phenoxy) is 4. The first-order chi connectivity index (χ1) is 12.7. The Hall–Kier alpha value is -2.03. The number of amides is 1. The fraction of sp³-hybridized carbons (Fsp3) is 0.611. The molecular weight excluding hydrogens is 340 g/mol. The lowest BCUT2D eigenvalue weighted by Gasteiger charge is -2.28. The Balaban J connectivity index is 1.31. The Morgan fingerprint density at radius 1 is 1.19 bits per heavy atom. The molecule has 0 aliphatic carbocycles. The second kappa shape index (κ2) is 7.69. The molecule has 26 heavy (non-hydrogen) atoms. The van der Waals surface area contributed by atoms with Gasteiger partial charge in [0.05, 0.1) is 18.8 Å². The lowest BCUT2D eigenvalue weighted by molar-refractivity contribution is -0.132. The number of rotatable bonds is 4. The Kier molecular flexibility index (Phi) is 5.14. The van der Waals surface area contributed by atoms with Crippen molar-refractivity contribution < 1.29 is 28.8 Å². The quantitative estimate of drug-likeness (QED) is 0.811. The summed E-state index contributed by atoms with van der Waals surface area (Å²) < 4.78 is 21.6. The van der Waals surface area contributed by atoms with E-state index < -0.39 is 6.10 Å². The van der Waals surface area contributed by atoms with Crippen molar-refractivity contribution in [3.8, 4) is 17.2 Å². The standard InChI is InChI=1S/C18H24N2O6/c21-15-10-20(9-14(15)19-4-1-6-23-7-5-19)18(22)11-24-13-2-3-16-17(8-13)26-12-25-16/h2-3,8,14-15,21H,1,4-7,9-12H2/t14-,15-/m0/s1. The van der Waals surface area contributed by atoms with Crippen LogP contribution in [0.25, 0.3) is 0 Å². The molecule has 0 aromatic heterocycles. The first-order valence-corrected chi connectivity index (χ1v) is 9.01. The summed E-state index contributed by atoms with van der Waals surface area (Å²) in [5.41, 5.74) is 0. The van der Waals surface area contributed by atoms with Crippen LogP contribution in [0.5, 0.6) is 17.2 Å². The highest BCUT2D eigenvalue weighted by atomic mass is 16.7. The van der Waals surface area contributed by atoms with E-state index in [2.05, 4.69) is 4.90 Å². The van der Waals surface area contributed by atoms with Gasteiger partial charge in [-0.25, -0.2) is 0 Å². The van der Waals surface area contributed by atoms with Gasteiger partial charge in [0.2, 0.25) is 6.79 Å². The highest BCUT2D eigenvalue weighted by molar-refractivity contribution is 5.78. The lowest BCUT2D eigenvalue weighted by Crippen LogP contribution is -2.44. The first-order valence-electron chi connectivity index (χ1n) is 9.01. The monoisotopic (exact) mass is 364 g/mol. The smallest absolute Gasteiger partial charge is 0.260 e. The predicted octanol–water partition coefficient (Wildman–Crippen LogP) is 0.0881. The number of aliphatic hydroxyl groups is 1. The van der Waals surface area contributed by atoms with Gasteiger partial charge in [-0.2, -0.15) is 0 Å². The van der Waals surface area contributed by atoms with Crippen molar-refractivity contribution in [1.29, 1.82) is 0 Å². The summed E-state index contributed by atoms with van der Waals surface area (Å²) in [7, 11) is 0. The van der Waals surface area contributed by atoms with Gasteiger partial charge in [0, 0.05) is 38.9 Å². The third kappa shape index (κ3) is 3.72. The zero-order valence-corrected chi connectivity index (χ0v) is 14.6. The van der Waals surface area contributed by atoms with Gasteiger partial charge in [0.1, 0.15) is 5.75 Å². The molecule has 0 spiro atoms. The summed E-state index contributed by atoms with van der Waals surface area (Å²) in [5.74, 6) is 1.73. The molecule has 1 aromatic carbocycles. The van der Waals surface area contributed by atoms with Crippen LogP contribution in [0.15, 0.2) is 18.2 Å². The zero-order chi connectivity index (χ0) is 17.9. The number of hydrogen-bond donors (Lipinski definition) is 1. The molecule has 3 heterocycles. The zero-order valence-electron chi connectivity index (χ0n) is 14.6. The molecule has 0 saturated carbocycles. The number of aliphatic hydroxyl groups excluding tert-OH is 1. The van der Waals surface area contributed by atoms with E-state index in [4.69, 9.17) is 18.9 Å². The second-order valence-electron chi connectivity index (χ2n) is 6.74. The number of nitrogens with zero attached hydrogens (tertiary/aromatic N) is 2. The van der Waals surface area contributed by atoms with E-state index in [0.717, 1.165) is 26.1 Å². The first kappa shape index (κ1) is 17.4. The van der Waals surface area contributed by atoms with Crippen molar-refractivity contribution in [2.24, 2.45) is 0 Å². The number of fused-ring (bicyclic) bond motifs is 1. The third-order valence-electron chi connectivity index (χ3n) is 5.04. The number of β-amino-alcohol motifs (C(OH)–C–C–N with tert-alkyl or cyclic N) is 1. The predicted molar refractivity (Wildman–Crippen MR) is 91.4 cm³/mol. The number of benzene rings is 1. The average molecular weight is 364 g/mol. The highest BCUT2D eigenvalue weighted by Gasteiger charge is 2.37. The highest BCUT2D eigenvalue weighted by Crippen LogP contribution is 2.35. The molecule has 1 N–H and O–H groups in total. The number of likely N-dealkylation sites (tertiary alicyclic amines) is 1.